The van der Waals surface area contributed by atoms with E-state index in [2.05, 4.69) is 13.8 Å². The molecular weight excluding hydrogens is 512 g/mol. The number of esters is 1. The molecule has 0 fully saturated rings. The Morgan fingerprint density at radius 1 is 0.610 bits per heavy atom. The van der Waals surface area contributed by atoms with Crippen molar-refractivity contribution in [3.63, 3.8) is 0 Å². The van der Waals surface area contributed by atoms with Crippen LogP contribution in [-0.4, -0.2) is 25.0 Å². The van der Waals surface area contributed by atoms with Crippen LogP contribution in [0.4, 0.5) is 0 Å². The summed E-state index contributed by atoms with van der Waals surface area (Å²) in [7, 11) is 0. The van der Waals surface area contributed by atoms with Crippen molar-refractivity contribution < 1.29 is 23.8 Å². The summed E-state index contributed by atoms with van der Waals surface area (Å²) in [4.78, 5) is 25.1. The van der Waals surface area contributed by atoms with E-state index >= 15 is 0 Å². The van der Waals surface area contributed by atoms with Crippen molar-refractivity contribution in [2.45, 2.75) is 65.2 Å². The van der Waals surface area contributed by atoms with Crippen molar-refractivity contribution in [2.75, 3.05) is 13.2 Å². The summed E-state index contributed by atoms with van der Waals surface area (Å²) in [6, 6.07) is 21.9. The number of carbonyl (C=O) groups excluding carboxylic acids is 2. The maximum atomic E-state index is 12.7. The van der Waals surface area contributed by atoms with Gasteiger partial charge in [-0.2, -0.15) is 0 Å². The van der Waals surface area contributed by atoms with Crippen LogP contribution in [0.25, 0.3) is 12.2 Å². The summed E-state index contributed by atoms with van der Waals surface area (Å²) < 4.78 is 16.9. The molecular formula is C36H42O5. The fraction of sp³-hybridized carbons (Fsp3) is 0.333. The second-order valence-electron chi connectivity index (χ2n) is 9.94. The number of hydrogen-bond acceptors (Lipinski definition) is 5. The monoisotopic (exact) mass is 554 g/mol. The molecule has 0 aromatic heterocycles. The first-order valence-corrected chi connectivity index (χ1v) is 14.8. The minimum absolute atomic E-state index is 0.178. The van der Waals surface area contributed by atoms with E-state index in [-0.39, 0.29) is 5.78 Å². The smallest absolute Gasteiger partial charge is 0.336 e. The molecule has 0 aliphatic heterocycles. The van der Waals surface area contributed by atoms with Gasteiger partial charge in [0.05, 0.1) is 13.2 Å². The average Bonchev–Trinajstić information content (AvgIpc) is 3.00. The van der Waals surface area contributed by atoms with Crippen LogP contribution >= 0.6 is 0 Å². The van der Waals surface area contributed by atoms with Crippen molar-refractivity contribution in [1.82, 2.24) is 0 Å². The lowest BCUT2D eigenvalue weighted by Crippen LogP contribution is -2.04. The number of carbonyl (C=O) groups is 2. The van der Waals surface area contributed by atoms with Crippen LogP contribution in [-0.2, 0) is 4.79 Å². The Balaban J connectivity index is 1.46. The van der Waals surface area contributed by atoms with Gasteiger partial charge in [-0.15, -0.1) is 0 Å². The van der Waals surface area contributed by atoms with Crippen LogP contribution in [0.2, 0.25) is 0 Å². The second-order valence-corrected chi connectivity index (χ2v) is 9.94. The molecule has 3 aromatic rings. The number of unbranched alkanes of at least 4 members (excludes halogenated alkanes) is 6. The van der Waals surface area contributed by atoms with Crippen LogP contribution in [0, 0.1) is 0 Å². The predicted octanol–water partition coefficient (Wildman–Crippen LogP) is 9.12. The Labute approximate surface area is 244 Å². The summed E-state index contributed by atoms with van der Waals surface area (Å²) in [5, 5.41) is 0. The number of ketones is 1. The van der Waals surface area contributed by atoms with E-state index in [9.17, 15) is 9.59 Å². The zero-order valence-electron chi connectivity index (χ0n) is 24.3. The first kappa shape index (κ1) is 31.4. The highest BCUT2D eigenvalue weighted by molar-refractivity contribution is 6.07. The van der Waals surface area contributed by atoms with E-state index in [1.54, 1.807) is 36.4 Å². The number of allylic oxidation sites excluding steroid dienone is 1. The van der Waals surface area contributed by atoms with Crippen molar-refractivity contribution in [1.29, 1.82) is 0 Å². The Bertz CT molecular complexity index is 1260. The van der Waals surface area contributed by atoms with Gasteiger partial charge in [-0.25, -0.2) is 4.79 Å². The zero-order chi connectivity index (χ0) is 29.1. The van der Waals surface area contributed by atoms with Gasteiger partial charge in [0.2, 0.25) is 0 Å². The second kappa shape index (κ2) is 18.3. The van der Waals surface area contributed by atoms with E-state index in [1.807, 2.05) is 48.5 Å². The highest BCUT2D eigenvalue weighted by Gasteiger charge is 2.07. The van der Waals surface area contributed by atoms with Crippen LogP contribution in [0.1, 0.15) is 86.7 Å². The van der Waals surface area contributed by atoms with Crippen molar-refractivity contribution >= 4 is 23.9 Å². The number of rotatable bonds is 18. The fourth-order valence-corrected chi connectivity index (χ4v) is 4.08. The first-order valence-electron chi connectivity index (χ1n) is 14.8. The minimum atomic E-state index is -0.520. The van der Waals surface area contributed by atoms with Gasteiger partial charge in [0.1, 0.15) is 17.2 Å². The number of benzene rings is 3. The molecule has 0 N–H and O–H groups in total. The van der Waals surface area contributed by atoms with E-state index in [0.717, 1.165) is 54.9 Å². The van der Waals surface area contributed by atoms with Crippen molar-refractivity contribution in [3.8, 4) is 17.2 Å². The van der Waals surface area contributed by atoms with Crippen LogP contribution < -0.4 is 14.2 Å². The number of hydrogen-bond donors (Lipinski definition) is 0. The topological polar surface area (TPSA) is 61.8 Å². The molecule has 0 saturated carbocycles. The lowest BCUT2D eigenvalue weighted by molar-refractivity contribution is -0.128. The third-order valence-electron chi connectivity index (χ3n) is 6.47. The molecule has 3 rings (SSSR count). The van der Waals surface area contributed by atoms with Gasteiger partial charge in [-0.3, -0.25) is 4.79 Å². The van der Waals surface area contributed by atoms with Crippen LogP contribution in [0.3, 0.4) is 0 Å². The molecule has 0 heterocycles. The van der Waals surface area contributed by atoms with Gasteiger partial charge in [-0.1, -0.05) is 94.8 Å². The SMILES string of the molecule is CCCCCCCOc1ccc(/C=C/C(=O)c2cccc(OC(=O)/C=C/c3ccc(OCCCCC)cc3)c2)cc1. The third kappa shape index (κ3) is 12.3. The molecule has 0 atom stereocenters. The number of ether oxygens (including phenoxy) is 3. The largest absolute Gasteiger partial charge is 0.494 e. The van der Waals surface area contributed by atoms with Crippen molar-refractivity contribution in [2.24, 2.45) is 0 Å². The summed E-state index contributed by atoms with van der Waals surface area (Å²) in [5.74, 6) is 1.25. The van der Waals surface area contributed by atoms with E-state index in [0.29, 0.717) is 17.9 Å². The van der Waals surface area contributed by atoms with E-state index in [1.165, 1.54) is 37.8 Å². The van der Waals surface area contributed by atoms with Gasteiger partial charge in [-0.05, 0) is 72.5 Å². The third-order valence-corrected chi connectivity index (χ3v) is 6.47. The summed E-state index contributed by atoms with van der Waals surface area (Å²) >= 11 is 0. The van der Waals surface area contributed by atoms with Gasteiger partial charge in [0.15, 0.2) is 5.78 Å². The van der Waals surface area contributed by atoms with E-state index in [4.69, 9.17) is 14.2 Å². The van der Waals surface area contributed by atoms with Crippen LogP contribution in [0.5, 0.6) is 17.2 Å². The molecule has 5 nitrogen and oxygen atoms in total. The molecule has 3 aromatic carbocycles. The highest BCUT2D eigenvalue weighted by Crippen LogP contribution is 2.18. The lowest BCUT2D eigenvalue weighted by atomic mass is 10.1. The maximum Gasteiger partial charge on any atom is 0.336 e. The molecule has 0 saturated heterocycles. The first-order chi connectivity index (χ1) is 20.1. The molecule has 216 valence electrons. The lowest BCUT2D eigenvalue weighted by Gasteiger charge is -2.06. The minimum Gasteiger partial charge on any atom is -0.494 e. The Morgan fingerprint density at radius 2 is 1.15 bits per heavy atom. The van der Waals surface area contributed by atoms with Gasteiger partial charge < -0.3 is 14.2 Å². The maximum absolute atomic E-state index is 12.7. The summed E-state index contributed by atoms with van der Waals surface area (Å²) in [5.41, 5.74) is 2.20. The van der Waals surface area contributed by atoms with Crippen molar-refractivity contribution in [3.05, 3.63) is 102 Å². The Hall–Kier alpha value is -4.12. The zero-order valence-corrected chi connectivity index (χ0v) is 24.3. The Morgan fingerprint density at radius 3 is 1.76 bits per heavy atom. The molecule has 0 spiro atoms. The fourth-order valence-electron chi connectivity index (χ4n) is 4.08. The molecule has 0 unspecified atom stereocenters. The standard InChI is InChI=1S/C36H42O5/c1-3-5-7-8-10-27-40-33-20-14-29(15-21-33)18-24-35(37)31-12-11-13-34(28-31)41-36(38)25-19-30-16-22-32(23-17-30)39-26-9-6-4-2/h11-25,28H,3-10,26-27H2,1-2H3/b24-18+,25-19+. The Kier molecular flexibility index (Phi) is 14.0. The average molecular weight is 555 g/mol. The summed E-state index contributed by atoms with van der Waals surface area (Å²) in [6.45, 7) is 5.79. The van der Waals surface area contributed by atoms with Gasteiger partial charge in [0, 0.05) is 11.6 Å². The predicted molar refractivity (Wildman–Crippen MR) is 167 cm³/mol. The van der Waals surface area contributed by atoms with Gasteiger partial charge >= 0.3 is 5.97 Å². The molecule has 0 aliphatic carbocycles. The molecule has 0 bridgehead atoms. The molecule has 5 heteroatoms. The quantitative estimate of drug-likeness (QED) is 0.0516. The molecule has 0 amide bonds. The highest BCUT2D eigenvalue weighted by atomic mass is 16.5. The molecule has 0 radical (unpaired) electrons. The normalized spacial score (nSPS) is 11.2. The molecule has 41 heavy (non-hydrogen) atoms. The van der Waals surface area contributed by atoms with E-state index < -0.39 is 5.97 Å². The molecule has 0 aliphatic rings. The van der Waals surface area contributed by atoms with Gasteiger partial charge in [0.25, 0.3) is 0 Å². The summed E-state index contributed by atoms with van der Waals surface area (Å²) in [6.07, 6.45) is 15.7. The van der Waals surface area contributed by atoms with Crippen LogP contribution in [0.15, 0.2) is 84.9 Å².